The Bertz CT molecular complexity index is 462. The maximum Gasteiger partial charge on any atom is 0.0897 e. The van der Waals surface area contributed by atoms with Crippen LogP contribution in [0.3, 0.4) is 0 Å². The summed E-state index contributed by atoms with van der Waals surface area (Å²) in [6, 6.07) is 0.373. The zero-order valence-electron chi connectivity index (χ0n) is 11.8. The van der Waals surface area contributed by atoms with Gasteiger partial charge < -0.3 is 5.32 Å². The van der Waals surface area contributed by atoms with Crippen LogP contribution in [0.4, 0.5) is 0 Å². The number of thiazole rings is 1. The highest BCUT2D eigenvalue weighted by Crippen LogP contribution is 2.12. The van der Waals surface area contributed by atoms with Gasteiger partial charge in [0.25, 0.3) is 0 Å². The topological polar surface area (TPSA) is 55.6 Å². The molecule has 0 saturated heterocycles. The first-order chi connectivity index (χ1) is 9.17. The number of aromatic nitrogens is 4. The molecule has 104 valence electrons. The molecule has 0 amide bonds. The van der Waals surface area contributed by atoms with E-state index in [0.29, 0.717) is 6.04 Å². The molecule has 2 aromatic rings. The van der Waals surface area contributed by atoms with Crippen molar-refractivity contribution in [2.75, 3.05) is 6.54 Å². The summed E-state index contributed by atoms with van der Waals surface area (Å²) in [5.74, 6) is 0. The van der Waals surface area contributed by atoms with Crippen molar-refractivity contribution >= 4 is 11.3 Å². The smallest absolute Gasteiger partial charge is 0.0897 e. The third kappa shape index (κ3) is 4.40. The van der Waals surface area contributed by atoms with E-state index in [0.717, 1.165) is 36.5 Å². The molecule has 0 aromatic carbocycles. The molecular formula is C13H21N5S. The molecule has 19 heavy (non-hydrogen) atoms. The average molecular weight is 279 g/mol. The highest BCUT2D eigenvalue weighted by Gasteiger charge is 2.13. The lowest BCUT2D eigenvalue weighted by molar-refractivity contribution is 0.496. The zero-order valence-corrected chi connectivity index (χ0v) is 12.6. The molecule has 0 aliphatic carbocycles. The van der Waals surface area contributed by atoms with E-state index in [-0.39, 0.29) is 0 Å². The molecule has 2 aromatic heterocycles. The molecule has 0 aliphatic heterocycles. The van der Waals surface area contributed by atoms with Gasteiger partial charge in [-0.1, -0.05) is 12.1 Å². The van der Waals surface area contributed by atoms with E-state index in [1.807, 2.05) is 20.2 Å². The molecule has 5 nitrogen and oxygen atoms in total. The Hall–Kier alpha value is -1.27. The lowest BCUT2D eigenvalue weighted by atomic mass is 10.1. The second-order valence-electron chi connectivity index (χ2n) is 4.80. The van der Waals surface area contributed by atoms with Gasteiger partial charge in [0.05, 0.1) is 16.4 Å². The summed E-state index contributed by atoms with van der Waals surface area (Å²) in [6.07, 6.45) is 4.95. The van der Waals surface area contributed by atoms with Gasteiger partial charge in [-0.25, -0.2) is 4.98 Å². The summed E-state index contributed by atoms with van der Waals surface area (Å²) in [5, 5.41) is 15.0. The van der Waals surface area contributed by atoms with Crippen molar-refractivity contribution in [3.05, 3.63) is 28.0 Å². The minimum Gasteiger partial charge on any atom is -0.313 e. The average Bonchev–Trinajstić information content (AvgIpc) is 2.95. The number of rotatable bonds is 7. The van der Waals surface area contributed by atoms with Crippen molar-refractivity contribution < 1.29 is 0 Å². The third-order valence-corrected chi connectivity index (χ3v) is 3.73. The van der Waals surface area contributed by atoms with Crippen LogP contribution in [0.2, 0.25) is 0 Å². The second-order valence-corrected chi connectivity index (χ2v) is 5.86. The van der Waals surface area contributed by atoms with Gasteiger partial charge in [-0.15, -0.1) is 16.4 Å². The van der Waals surface area contributed by atoms with Gasteiger partial charge in [0, 0.05) is 37.5 Å². The van der Waals surface area contributed by atoms with E-state index in [9.17, 15) is 0 Å². The number of aryl methyl sites for hydroxylation is 2. The molecule has 0 bridgehead atoms. The SMILES string of the molecule is CCCNC(Cc1cn(C)nn1)Cc1csc(C)n1. The molecule has 6 heteroatoms. The molecule has 2 rings (SSSR count). The normalized spacial score (nSPS) is 12.8. The number of hydrogen-bond donors (Lipinski definition) is 1. The van der Waals surface area contributed by atoms with Gasteiger partial charge in [-0.2, -0.15) is 0 Å². The van der Waals surface area contributed by atoms with Crippen LogP contribution in [0.1, 0.15) is 29.7 Å². The van der Waals surface area contributed by atoms with Gasteiger partial charge in [0.1, 0.15) is 0 Å². The maximum atomic E-state index is 4.54. The Morgan fingerprint density at radius 1 is 1.37 bits per heavy atom. The Morgan fingerprint density at radius 3 is 2.74 bits per heavy atom. The summed E-state index contributed by atoms with van der Waals surface area (Å²) in [7, 11) is 1.90. The largest absolute Gasteiger partial charge is 0.313 e. The minimum atomic E-state index is 0.373. The second kappa shape index (κ2) is 6.77. The highest BCUT2D eigenvalue weighted by atomic mass is 32.1. The van der Waals surface area contributed by atoms with Crippen LogP contribution in [0.15, 0.2) is 11.6 Å². The van der Waals surface area contributed by atoms with Gasteiger partial charge in [-0.05, 0) is 19.9 Å². The van der Waals surface area contributed by atoms with Crippen molar-refractivity contribution in [1.29, 1.82) is 0 Å². The molecule has 1 atom stereocenters. The fraction of sp³-hybridized carbons (Fsp3) is 0.615. The fourth-order valence-electron chi connectivity index (χ4n) is 2.06. The minimum absolute atomic E-state index is 0.373. The van der Waals surface area contributed by atoms with Crippen molar-refractivity contribution in [2.45, 2.75) is 39.2 Å². The predicted molar refractivity (Wildman–Crippen MR) is 77.3 cm³/mol. The first-order valence-corrected chi connectivity index (χ1v) is 7.55. The zero-order chi connectivity index (χ0) is 13.7. The van der Waals surface area contributed by atoms with E-state index < -0.39 is 0 Å². The molecule has 0 radical (unpaired) electrons. The summed E-state index contributed by atoms with van der Waals surface area (Å²) >= 11 is 1.71. The Balaban J connectivity index is 1.98. The maximum absolute atomic E-state index is 4.54. The summed E-state index contributed by atoms with van der Waals surface area (Å²) in [5.41, 5.74) is 2.20. The van der Waals surface area contributed by atoms with E-state index in [2.05, 4.69) is 32.9 Å². The molecule has 0 fully saturated rings. The Labute approximate surface area is 118 Å². The van der Waals surface area contributed by atoms with Crippen LogP contribution in [-0.4, -0.2) is 32.6 Å². The Morgan fingerprint density at radius 2 is 2.16 bits per heavy atom. The monoisotopic (exact) mass is 279 g/mol. The van der Waals surface area contributed by atoms with Crippen LogP contribution in [-0.2, 0) is 19.9 Å². The fourth-order valence-corrected chi connectivity index (χ4v) is 2.69. The van der Waals surface area contributed by atoms with E-state index in [1.165, 1.54) is 5.69 Å². The molecule has 0 aliphatic rings. The van der Waals surface area contributed by atoms with Crippen LogP contribution in [0.25, 0.3) is 0 Å². The predicted octanol–water partition coefficient (Wildman–Crippen LogP) is 1.73. The Kier molecular flexibility index (Phi) is 5.04. The van der Waals surface area contributed by atoms with E-state index in [4.69, 9.17) is 0 Å². The molecule has 2 heterocycles. The molecule has 0 spiro atoms. The van der Waals surface area contributed by atoms with Crippen molar-refractivity contribution in [2.24, 2.45) is 7.05 Å². The van der Waals surface area contributed by atoms with Crippen LogP contribution in [0, 0.1) is 6.92 Å². The van der Waals surface area contributed by atoms with Gasteiger partial charge in [0.15, 0.2) is 0 Å². The molecular weight excluding hydrogens is 258 g/mol. The quantitative estimate of drug-likeness (QED) is 0.838. The van der Waals surface area contributed by atoms with Gasteiger partial charge in [-0.3, -0.25) is 4.68 Å². The van der Waals surface area contributed by atoms with Crippen molar-refractivity contribution in [3.8, 4) is 0 Å². The standard InChI is InChI=1S/C13H21N5S/c1-4-5-14-11(6-12-8-18(3)17-16-12)7-13-9-19-10(2)15-13/h8-9,11,14H,4-7H2,1-3H3. The van der Waals surface area contributed by atoms with E-state index >= 15 is 0 Å². The van der Waals surface area contributed by atoms with Crippen LogP contribution >= 0.6 is 11.3 Å². The van der Waals surface area contributed by atoms with Gasteiger partial charge in [0.2, 0.25) is 0 Å². The summed E-state index contributed by atoms with van der Waals surface area (Å²) < 4.78 is 1.75. The number of hydrogen-bond acceptors (Lipinski definition) is 5. The lowest BCUT2D eigenvalue weighted by Crippen LogP contribution is -2.34. The number of nitrogens with zero attached hydrogens (tertiary/aromatic N) is 4. The highest BCUT2D eigenvalue weighted by molar-refractivity contribution is 7.09. The summed E-state index contributed by atoms with van der Waals surface area (Å²) in [6.45, 7) is 5.25. The molecule has 0 saturated carbocycles. The molecule has 1 N–H and O–H groups in total. The van der Waals surface area contributed by atoms with Crippen molar-refractivity contribution in [1.82, 2.24) is 25.3 Å². The van der Waals surface area contributed by atoms with E-state index in [1.54, 1.807) is 16.0 Å². The third-order valence-electron chi connectivity index (χ3n) is 2.91. The van der Waals surface area contributed by atoms with Crippen LogP contribution < -0.4 is 5.32 Å². The van der Waals surface area contributed by atoms with Gasteiger partial charge >= 0.3 is 0 Å². The molecule has 1 unspecified atom stereocenters. The number of nitrogens with one attached hydrogen (secondary N) is 1. The first-order valence-electron chi connectivity index (χ1n) is 6.67. The first kappa shape index (κ1) is 14.1. The van der Waals surface area contributed by atoms with Crippen molar-refractivity contribution in [3.63, 3.8) is 0 Å². The lowest BCUT2D eigenvalue weighted by Gasteiger charge is -2.16. The van der Waals surface area contributed by atoms with Crippen LogP contribution in [0.5, 0.6) is 0 Å². The summed E-state index contributed by atoms with van der Waals surface area (Å²) in [4.78, 5) is 4.54.